The van der Waals surface area contributed by atoms with Crippen LogP contribution in [0.2, 0.25) is 0 Å². The molecule has 1 aliphatic carbocycles. The van der Waals surface area contributed by atoms with Crippen LogP contribution in [0.3, 0.4) is 0 Å². The highest BCUT2D eigenvalue weighted by molar-refractivity contribution is 7.92. The van der Waals surface area contributed by atoms with Crippen LogP contribution in [0.15, 0.2) is 65.6 Å². The molecule has 0 aromatic heterocycles. The van der Waals surface area contributed by atoms with Crippen molar-refractivity contribution in [1.29, 1.82) is 0 Å². The van der Waals surface area contributed by atoms with Gasteiger partial charge < -0.3 is 29.7 Å². The van der Waals surface area contributed by atoms with Gasteiger partial charge in [0.2, 0.25) is 5.91 Å². The van der Waals surface area contributed by atoms with Gasteiger partial charge in [-0.25, -0.2) is 26.4 Å². The maximum atomic E-state index is 15.0. The Morgan fingerprint density at radius 3 is 2.28 bits per heavy atom. The number of likely N-dealkylation sites (tertiary alicyclic amines) is 4. The summed E-state index contributed by atoms with van der Waals surface area (Å²) in [4.78, 5) is 35.6. The van der Waals surface area contributed by atoms with Crippen LogP contribution >= 0.6 is 0 Å². The number of anilines is 1. The van der Waals surface area contributed by atoms with E-state index in [2.05, 4.69) is 26.1 Å². The van der Waals surface area contributed by atoms with Crippen molar-refractivity contribution in [3.63, 3.8) is 0 Å². The first kappa shape index (κ1) is 41.1. The van der Waals surface area contributed by atoms with E-state index in [0.717, 1.165) is 95.7 Å². The Labute approximate surface area is 340 Å². The van der Waals surface area contributed by atoms with Gasteiger partial charge in [-0.15, -0.1) is 0 Å². The third-order valence-corrected chi connectivity index (χ3v) is 16.0. The highest BCUT2D eigenvalue weighted by Crippen LogP contribution is 2.51. The Morgan fingerprint density at radius 1 is 0.914 bits per heavy atom. The van der Waals surface area contributed by atoms with E-state index in [4.69, 9.17) is 4.74 Å². The van der Waals surface area contributed by atoms with Gasteiger partial charge in [0.1, 0.15) is 11.1 Å². The first-order valence-corrected chi connectivity index (χ1v) is 22.6. The molecular weight excluding hydrogens is 770 g/mol. The number of nitrogens with zero attached hydrogens (tertiary/aromatic N) is 5. The fraction of sp³-hybridized carbons (Fsp3) is 0.628. The number of hydrogen-bond donors (Lipinski definition) is 1. The largest absolute Gasteiger partial charge is 0.453 e. The number of halogens is 3. The molecule has 0 bridgehead atoms. The number of alkyl halides is 2. The molecule has 58 heavy (non-hydrogen) atoms. The monoisotopic (exact) mass is 826 g/mol. The van der Waals surface area contributed by atoms with Crippen LogP contribution < -0.4 is 10.2 Å². The van der Waals surface area contributed by atoms with Gasteiger partial charge in [0, 0.05) is 75.0 Å². The summed E-state index contributed by atoms with van der Waals surface area (Å²) in [7, 11) is -2.20. The van der Waals surface area contributed by atoms with E-state index in [0.29, 0.717) is 11.8 Å². The number of alkyl carbamates (subject to hydrolysis) is 1. The van der Waals surface area contributed by atoms with Crippen molar-refractivity contribution in [3.05, 3.63) is 72.1 Å². The standard InChI is InChI=1S/C43H57F3N6O5S/c1-57-41(54)47-39-9-3-8-38(39)43(30-49-18-5-19-49,33-6-2-7-34(44)22-33)32-15-20-48(21-16-32)23-31-24-51(25-31)35-11-13-36(14-12-35)58(55,56)37-26-52(27-37)40(53)10-4-17-50-28-42(45,46)29-50/h2,4,6-7,10-14,22,31-32,37-39H,3,5,8-9,15-21,23-30H2,1H3,(H,47,54)/b10-4+/t38-,39-,43?/m0/s1. The summed E-state index contributed by atoms with van der Waals surface area (Å²) in [6.07, 6.45) is 8.56. The van der Waals surface area contributed by atoms with Crippen LogP contribution in [0.25, 0.3) is 0 Å². The van der Waals surface area contributed by atoms with Crippen LogP contribution in [0.1, 0.15) is 44.1 Å². The first-order valence-electron chi connectivity index (χ1n) is 21.0. The van der Waals surface area contributed by atoms with E-state index in [9.17, 15) is 26.8 Å². The number of amides is 2. The molecule has 5 saturated heterocycles. The molecular formula is C43H57F3N6O5S. The Balaban J connectivity index is 0.837. The number of piperidine rings is 1. The van der Waals surface area contributed by atoms with Gasteiger partial charge in [-0.05, 0) is 112 Å². The number of carbonyl (C=O) groups is 2. The fourth-order valence-corrected chi connectivity index (χ4v) is 12.3. The topological polar surface area (TPSA) is 106 Å². The van der Waals surface area contributed by atoms with Gasteiger partial charge in [-0.2, -0.15) is 0 Å². The molecule has 5 aliphatic heterocycles. The second-order valence-electron chi connectivity index (χ2n) is 17.6. The predicted octanol–water partition coefficient (Wildman–Crippen LogP) is 4.63. The van der Waals surface area contributed by atoms with Crippen LogP contribution in [0, 0.1) is 23.6 Å². The molecule has 11 nitrogen and oxygen atoms in total. The lowest BCUT2D eigenvalue weighted by molar-refractivity contribution is -0.129. The van der Waals surface area contributed by atoms with E-state index in [1.54, 1.807) is 29.2 Å². The van der Waals surface area contributed by atoms with Gasteiger partial charge >= 0.3 is 6.09 Å². The first-order chi connectivity index (χ1) is 27.8. The molecule has 2 aromatic rings. The zero-order chi connectivity index (χ0) is 40.7. The summed E-state index contributed by atoms with van der Waals surface area (Å²) < 4.78 is 72.7. The third-order valence-electron chi connectivity index (χ3n) is 13.9. The third kappa shape index (κ3) is 8.51. The van der Waals surface area contributed by atoms with Crippen LogP contribution in [0.4, 0.5) is 23.7 Å². The molecule has 8 rings (SSSR count). The zero-order valence-electron chi connectivity index (χ0n) is 33.4. The lowest BCUT2D eigenvalue weighted by atomic mass is 9.57. The van der Waals surface area contributed by atoms with Gasteiger partial charge in [0.25, 0.3) is 5.92 Å². The van der Waals surface area contributed by atoms with Gasteiger partial charge in [0.05, 0.1) is 25.1 Å². The predicted molar refractivity (Wildman–Crippen MR) is 215 cm³/mol. The maximum absolute atomic E-state index is 15.0. The minimum absolute atomic E-state index is 0.0258. The normalized spacial score (nSPS) is 26.1. The zero-order valence-corrected chi connectivity index (χ0v) is 34.2. The summed E-state index contributed by atoms with van der Waals surface area (Å²) in [5, 5.41) is 2.50. The van der Waals surface area contributed by atoms with E-state index in [1.165, 1.54) is 30.6 Å². The number of rotatable bonds is 14. The van der Waals surface area contributed by atoms with Crippen molar-refractivity contribution in [1.82, 2.24) is 24.9 Å². The molecule has 1 unspecified atom stereocenters. The second kappa shape index (κ2) is 16.8. The summed E-state index contributed by atoms with van der Waals surface area (Å²) in [5.41, 5.74) is 1.75. The highest BCUT2D eigenvalue weighted by Gasteiger charge is 2.53. The molecule has 5 heterocycles. The van der Waals surface area contributed by atoms with Gasteiger partial charge in [-0.1, -0.05) is 24.6 Å². The van der Waals surface area contributed by atoms with Crippen molar-refractivity contribution < 1.29 is 35.9 Å². The minimum atomic E-state index is -3.61. The SMILES string of the molecule is COC(=O)N[C@H]1CCC[C@@H]1C(CN1CCC1)(c1cccc(F)c1)C1CCN(CC2CN(c3ccc(S(=O)(=O)C4CN(C(=O)/C=C/CN5CC(F)(F)C5)C4)cc3)C2)CC1. The summed E-state index contributed by atoms with van der Waals surface area (Å²) in [5.74, 6) is -2.17. The van der Waals surface area contributed by atoms with E-state index in [-0.39, 0.29) is 66.7 Å². The summed E-state index contributed by atoms with van der Waals surface area (Å²) in [6.45, 7) is 7.53. The maximum Gasteiger partial charge on any atom is 0.407 e. The molecule has 1 saturated carbocycles. The Bertz CT molecular complexity index is 1920. The molecule has 1 N–H and O–H groups in total. The Hall–Kier alpha value is -3.66. The highest BCUT2D eigenvalue weighted by atomic mass is 32.2. The van der Waals surface area contributed by atoms with Crippen LogP contribution in [-0.2, 0) is 24.8 Å². The van der Waals surface area contributed by atoms with Crippen LogP contribution in [0.5, 0.6) is 0 Å². The number of hydrogen-bond acceptors (Lipinski definition) is 9. The molecule has 0 spiro atoms. The van der Waals surface area contributed by atoms with Crippen molar-refractivity contribution >= 4 is 27.5 Å². The average Bonchev–Trinajstić information content (AvgIpc) is 3.60. The van der Waals surface area contributed by atoms with Gasteiger partial charge in [0.15, 0.2) is 9.84 Å². The molecule has 316 valence electrons. The van der Waals surface area contributed by atoms with Gasteiger partial charge in [-0.3, -0.25) is 9.69 Å². The number of benzene rings is 2. The summed E-state index contributed by atoms with van der Waals surface area (Å²) >= 11 is 0. The Kier molecular flexibility index (Phi) is 11.9. The van der Waals surface area contributed by atoms with Crippen molar-refractivity contribution in [2.75, 3.05) is 97.1 Å². The number of sulfone groups is 1. The number of carbonyl (C=O) groups excluding carboxylic acids is 2. The molecule has 6 fully saturated rings. The van der Waals surface area contributed by atoms with Crippen molar-refractivity contribution in [2.45, 2.75) is 66.0 Å². The quantitative estimate of drug-likeness (QED) is 0.273. The number of methoxy groups -OCH3 is 1. The number of ether oxygens (including phenoxy) is 1. The fourth-order valence-electron chi connectivity index (χ4n) is 10.6. The average molecular weight is 827 g/mol. The Morgan fingerprint density at radius 2 is 1.64 bits per heavy atom. The number of nitrogens with one attached hydrogen (secondary N) is 1. The lowest BCUT2D eigenvalue weighted by Gasteiger charge is -2.54. The molecule has 2 amide bonds. The summed E-state index contributed by atoms with van der Waals surface area (Å²) in [6, 6.07) is 14.3. The second-order valence-corrected chi connectivity index (χ2v) is 19.9. The van der Waals surface area contributed by atoms with E-state index in [1.807, 2.05) is 18.2 Å². The van der Waals surface area contributed by atoms with E-state index >= 15 is 4.39 Å². The lowest BCUT2D eigenvalue weighted by Crippen LogP contribution is -2.60. The van der Waals surface area contributed by atoms with Crippen LogP contribution in [-0.4, -0.2) is 149 Å². The molecule has 3 atom stereocenters. The molecule has 15 heteroatoms. The smallest absolute Gasteiger partial charge is 0.407 e. The van der Waals surface area contributed by atoms with Crippen molar-refractivity contribution in [3.8, 4) is 0 Å². The molecule has 2 aromatic carbocycles. The minimum Gasteiger partial charge on any atom is -0.453 e. The van der Waals surface area contributed by atoms with E-state index < -0.39 is 27.1 Å². The molecule has 0 radical (unpaired) electrons. The molecule has 6 aliphatic rings. The van der Waals surface area contributed by atoms with Crippen molar-refractivity contribution in [2.24, 2.45) is 17.8 Å².